The van der Waals surface area contributed by atoms with Crippen molar-refractivity contribution in [1.82, 2.24) is 0 Å². The van der Waals surface area contributed by atoms with Crippen molar-refractivity contribution >= 4 is 19.8 Å². The number of phosphoric ester groups is 1. The molecule has 0 heterocycles. The zero-order valence-electron chi connectivity index (χ0n) is 25.6. The van der Waals surface area contributed by atoms with Gasteiger partial charge in [-0.1, -0.05) is 135 Å². The van der Waals surface area contributed by atoms with E-state index in [4.69, 9.17) is 15.6 Å². The Hall–Kier alpha value is -1.03. The van der Waals surface area contributed by atoms with Crippen LogP contribution in [0.25, 0.3) is 0 Å². The number of ether oxygens (including phenoxy) is 1. The van der Waals surface area contributed by atoms with Crippen LogP contribution in [0.2, 0.25) is 0 Å². The number of phosphoric acid groups is 1. The standard InChI is InChI=1S/C30H60NO9P/c1-2-3-4-5-6-7-8-9-10-11-12-13-14-15-16-17-18-19-20-21-22-23-29(33)38-24-27(32)25-39-41(36,37)40-26-28(31)30(34)35/h27-28,32H,2-26,31H2,1H3,(H,34,35)(H,36,37). The lowest BCUT2D eigenvalue weighted by Crippen LogP contribution is -2.34. The van der Waals surface area contributed by atoms with Gasteiger partial charge in [0.1, 0.15) is 18.8 Å². The molecule has 3 unspecified atom stereocenters. The molecule has 10 nitrogen and oxygen atoms in total. The van der Waals surface area contributed by atoms with E-state index in [-0.39, 0.29) is 13.0 Å². The molecule has 0 aromatic rings. The van der Waals surface area contributed by atoms with Gasteiger partial charge in [0.2, 0.25) is 0 Å². The van der Waals surface area contributed by atoms with Crippen LogP contribution in [0.15, 0.2) is 0 Å². The largest absolute Gasteiger partial charge is 0.480 e. The van der Waals surface area contributed by atoms with Crippen LogP contribution in [0.1, 0.15) is 148 Å². The minimum absolute atomic E-state index is 0.251. The monoisotopic (exact) mass is 609 g/mol. The molecule has 0 saturated carbocycles. The summed E-state index contributed by atoms with van der Waals surface area (Å²) < 4.78 is 25.6. The number of hydrogen-bond donors (Lipinski definition) is 4. The number of aliphatic hydroxyl groups is 1. The fourth-order valence-electron chi connectivity index (χ4n) is 4.47. The first-order chi connectivity index (χ1) is 19.7. The number of carbonyl (C=O) groups is 2. The third-order valence-corrected chi connectivity index (χ3v) is 8.04. The third-order valence-electron chi connectivity index (χ3n) is 7.09. The summed E-state index contributed by atoms with van der Waals surface area (Å²) in [6.45, 7) is 0.537. The molecule has 0 radical (unpaired) electrons. The van der Waals surface area contributed by atoms with Gasteiger partial charge in [0.25, 0.3) is 0 Å². The molecule has 0 rings (SSSR count). The molecule has 0 aromatic heterocycles. The predicted octanol–water partition coefficient (Wildman–Crippen LogP) is 7.04. The second-order valence-electron chi connectivity index (χ2n) is 11.2. The van der Waals surface area contributed by atoms with Gasteiger partial charge in [-0.2, -0.15) is 0 Å². The number of carboxylic acids is 1. The number of aliphatic carboxylic acids is 1. The normalized spacial score (nSPS) is 14.4. The number of esters is 1. The van der Waals surface area contributed by atoms with Crippen molar-refractivity contribution in [3.05, 3.63) is 0 Å². The average molecular weight is 610 g/mol. The second kappa shape index (κ2) is 27.8. The van der Waals surface area contributed by atoms with Crippen molar-refractivity contribution in [1.29, 1.82) is 0 Å². The lowest BCUT2D eigenvalue weighted by atomic mass is 10.0. The Morgan fingerprint density at radius 2 is 1.02 bits per heavy atom. The smallest absolute Gasteiger partial charge is 0.472 e. The number of rotatable bonds is 31. The SMILES string of the molecule is CCCCCCCCCCCCCCCCCCCCCCCC(=O)OCC(O)COP(=O)(O)OCC(N)C(=O)O. The fraction of sp³-hybridized carbons (Fsp3) is 0.933. The zero-order valence-corrected chi connectivity index (χ0v) is 26.5. The van der Waals surface area contributed by atoms with Crippen LogP contribution in [0.4, 0.5) is 0 Å². The maximum Gasteiger partial charge on any atom is 0.472 e. The number of carboxylic acid groups (broad SMARTS) is 1. The van der Waals surface area contributed by atoms with Gasteiger partial charge in [-0.3, -0.25) is 18.6 Å². The van der Waals surface area contributed by atoms with E-state index in [1.165, 1.54) is 116 Å². The van der Waals surface area contributed by atoms with Crippen LogP contribution in [-0.2, 0) is 27.9 Å². The molecule has 0 aliphatic heterocycles. The van der Waals surface area contributed by atoms with Crippen LogP contribution in [-0.4, -0.2) is 59.0 Å². The van der Waals surface area contributed by atoms with Crippen molar-refractivity contribution in [3.8, 4) is 0 Å². The number of nitrogens with two attached hydrogens (primary N) is 1. The van der Waals surface area contributed by atoms with Gasteiger partial charge >= 0.3 is 19.8 Å². The summed E-state index contributed by atoms with van der Waals surface area (Å²) in [6.07, 6.45) is 26.2. The Bertz CT molecular complexity index is 680. The highest BCUT2D eigenvalue weighted by Gasteiger charge is 2.26. The molecule has 0 aromatic carbocycles. The molecule has 0 fully saturated rings. The summed E-state index contributed by atoms with van der Waals surface area (Å²) in [5, 5.41) is 18.4. The van der Waals surface area contributed by atoms with Crippen molar-refractivity contribution in [2.75, 3.05) is 19.8 Å². The number of hydrogen-bond acceptors (Lipinski definition) is 8. The summed E-state index contributed by atoms with van der Waals surface area (Å²) in [5.74, 6) is -1.84. The van der Waals surface area contributed by atoms with E-state index in [0.29, 0.717) is 6.42 Å². The molecular weight excluding hydrogens is 549 g/mol. The summed E-state index contributed by atoms with van der Waals surface area (Å²) >= 11 is 0. The highest BCUT2D eigenvalue weighted by Crippen LogP contribution is 2.43. The highest BCUT2D eigenvalue weighted by atomic mass is 31.2. The van der Waals surface area contributed by atoms with Crippen LogP contribution >= 0.6 is 7.82 Å². The van der Waals surface area contributed by atoms with Crippen molar-refractivity contribution in [3.63, 3.8) is 0 Å². The summed E-state index contributed by atoms with van der Waals surface area (Å²) in [7, 11) is -4.58. The zero-order chi connectivity index (χ0) is 30.6. The first-order valence-electron chi connectivity index (χ1n) is 16.1. The predicted molar refractivity (Wildman–Crippen MR) is 162 cm³/mol. The number of carbonyl (C=O) groups excluding carboxylic acids is 1. The van der Waals surface area contributed by atoms with E-state index in [1.54, 1.807) is 0 Å². The van der Waals surface area contributed by atoms with E-state index in [0.717, 1.165) is 12.8 Å². The van der Waals surface area contributed by atoms with Gasteiger partial charge in [0.15, 0.2) is 0 Å². The average Bonchev–Trinajstić information content (AvgIpc) is 2.94. The maximum absolute atomic E-state index is 11.8. The van der Waals surface area contributed by atoms with E-state index in [2.05, 4.69) is 16.0 Å². The number of aliphatic hydroxyl groups excluding tert-OH is 1. The molecule has 0 bridgehead atoms. The minimum atomic E-state index is -4.58. The Balaban J connectivity index is 3.43. The lowest BCUT2D eigenvalue weighted by molar-refractivity contribution is -0.147. The van der Waals surface area contributed by atoms with Gasteiger partial charge in [0.05, 0.1) is 13.2 Å². The molecule has 11 heteroatoms. The van der Waals surface area contributed by atoms with Crippen LogP contribution < -0.4 is 5.73 Å². The topological polar surface area (TPSA) is 166 Å². The Kier molecular flexibility index (Phi) is 27.1. The molecule has 0 amide bonds. The molecule has 244 valence electrons. The van der Waals surface area contributed by atoms with Gasteiger partial charge < -0.3 is 25.6 Å². The van der Waals surface area contributed by atoms with Gasteiger partial charge in [-0.05, 0) is 6.42 Å². The minimum Gasteiger partial charge on any atom is -0.480 e. The number of unbranched alkanes of at least 4 members (excludes halogenated alkanes) is 20. The maximum atomic E-state index is 11.8. The van der Waals surface area contributed by atoms with Crippen molar-refractivity contribution in [2.45, 2.75) is 160 Å². The Morgan fingerprint density at radius 1 is 0.659 bits per heavy atom. The first-order valence-corrected chi connectivity index (χ1v) is 17.6. The summed E-state index contributed by atoms with van der Waals surface area (Å²) in [5.41, 5.74) is 5.17. The summed E-state index contributed by atoms with van der Waals surface area (Å²) in [4.78, 5) is 31.9. The molecule has 0 aliphatic rings. The molecule has 0 spiro atoms. The summed E-state index contributed by atoms with van der Waals surface area (Å²) in [6, 6.07) is -1.48. The van der Waals surface area contributed by atoms with Crippen LogP contribution in [0, 0.1) is 0 Å². The molecule has 5 N–H and O–H groups in total. The molecule has 41 heavy (non-hydrogen) atoms. The van der Waals surface area contributed by atoms with Crippen molar-refractivity contribution in [2.24, 2.45) is 5.73 Å². The molecule has 3 atom stereocenters. The highest BCUT2D eigenvalue weighted by molar-refractivity contribution is 7.47. The third kappa shape index (κ3) is 28.8. The van der Waals surface area contributed by atoms with Crippen LogP contribution in [0.5, 0.6) is 0 Å². The second-order valence-corrected chi connectivity index (χ2v) is 12.6. The van der Waals surface area contributed by atoms with Crippen molar-refractivity contribution < 1.29 is 43.0 Å². The van der Waals surface area contributed by atoms with E-state index in [9.17, 15) is 24.2 Å². The fourth-order valence-corrected chi connectivity index (χ4v) is 5.26. The molecule has 0 saturated heterocycles. The van der Waals surface area contributed by atoms with E-state index < -0.39 is 45.1 Å². The Labute approximate surface area is 248 Å². The Morgan fingerprint density at radius 3 is 1.41 bits per heavy atom. The lowest BCUT2D eigenvalue weighted by Gasteiger charge is -2.16. The van der Waals surface area contributed by atoms with Gasteiger partial charge in [-0.15, -0.1) is 0 Å². The van der Waals surface area contributed by atoms with Crippen LogP contribution in [0.3, 0.4) is 0 Å². The molecule has 0 aliphatic carbocycles. The van der Waals surface area contributed by atoms with E-state index in [1.807, 2.05) is 0 Å². The van der Waals surface area contributed by atoms with E-state index >= 15 is 0 Å². The van der Waals surface area contributed by atoms with Gasteiger partial charge in [0, 0.05) is 6.42 Å². The van der Waals surface area contributed by atoms with Gasteiger partial charge in [-0.25, -0.2) is 4.57 Å². The molecular formula is C30H60NO9P. The quantitative estimate of drug-likeness (QED) is 0.0364. The first kappa shape index (κ1) is 40.0.